The van der Waals surface area contributed by atoms with Gasteiger partial charge in [0.25, 0.3) is 0 Å². The number of hydrogen-bond donors (Lipinski definition) is 2. The van der Waals surface area contributed by atoms with Gasteiger partial charge in [-0.15, -0.1) is 0 Å². The molecule has 0 amide bonds. The van der Waals surface area contributed by atoms with Gasteiger partial charge in [-0.3, -0.25) is 10.3 Å². The summed E-state index contributed by atoms with van der Waals surface area (Å²) in [4.78, 5) is 2.53. The van der Waals surface area contributed by atoms with Crippen LogP contribution in [0, 0.1) is 5.92 Å². The van der Waals surface area contributed by atoms with Crippen LogP contribution in [0.3, 0.4) is 0 Å². The molecule has 1 fully saturated rings. The van der Waals surface area contributed by atoms with E-state index in [2.05, 4.69) is 77.3 Å². The Morgan fingerprint density at radius 3 is 2.75 bits per heavy atom. The van der Waals surface area contributed by atoms with Crippen LogP contribution in [0.1, 0.15) is 24.1 Å². The molecule has 2 aliphatic rings. The fourth-order valence-corrected chi connectivity index (χ4v) is 3.86. The molecule has 0 radical (unpaired) electrons. The van der Waals surface area contributed by atoms with Gasteiger partial charge in [0, 0.05) is 37.7 Å². The number of ether oxygens (including phenoxy) is 1. The minimum absolute atomic E-state index is 0.214. The van der Waals surface area contributed by atoms with E-state index < -0.39 is 0 Å². The van der Waals surface area contributed by atoms with Crippen molar-refractivity contribution in [3.8, 4) is 5.75 Å². The van der Waals surface area contributed by atoms with E-state index in [1.165, 1.54) is 11.1 Å². The third kappa shape index (κ3) is 3.31. The molecule has 3 atom stereocenters. The lowest BCUT2D eigenvalue weighted by Crippen LogP contribution is -2.36. The largest absolute Gasteiger partial charge is 0.489 e. The molecule has 2 heterocycles. The van der Waals surface area contributed by atoms with E-state index >= 15 is 0 Å². The molecular weight excluding hydrogens is 298 g/mol. The summed E-state index contributed by atoms with van der Waals surface area (Å²) >= 11 is 0. The lowest BCUT2D eigenvalue weighted by atomic mass is 9.94. The maximum atomic E-state index is 6.09. The first-order valence-electron chi connectivity index (χ1n) is 8.80. The zero-order valence-electron chi connectivity index (χ0n) is 14.1. The van der Waals surface area contributed by atoms with Gasteiger partial charge in [-0.2, -0.15) is 0 Å². The molecule has 3 unspecified atom stereocenters. The van der Waals surface area contributed by atoms with Crippen molar-refractivity contribution in [1.29, 1.82) is 0 Å². The molecule has 2 N–H and O–H groups in total. The molecule has 2 aromatic rings. The maximum absolute atomic E-state index is 6.09. The summed E-state index contributed by atoms with van der Waals surface area (Å²) in [6.07, 6.45) is 0.214. The summed E-state index contributed by atoms with van der Waals surface area (Å²) in [5.74, 6) is 1.58. The van der Waals surface area contributed by atoms with E-state index in [4.69, 9.17) is 4.74 Å². The Kier molecular flexibility index (Phi) is 4.52. The van der Waals surface area contributed by atoms with Crippen molar-refractivity contribution in [2.24, 2.45) is 5.92 Å². The van der Waals surface area contributed by atoms with Gasteiger partial charge in [0.1, 0.15) is 11.9 Å². The predicted molar refractivity (Wildman–Crippen MR) is 95.6 cm³/mol. The molecule has 4 rings (SSSR count). The molecule has 4 nitrogen and oxygen atoms in total. The van der Waals surface area contributed by atoms with Gasteiger partial charge in [0.05, 0.1) is 6.04 Å². The average Bonchev–Trinajstić information content (AvgIpc) is 2.98. The molecule has 4 heteroatoms. The minimum Gasteiger partial charge on any atom is -0.489 e. The van der Waals surface area contributed by atoms with Crippen LogP contribution in [0.25, 0.3) is 0 Å². The third-order valence-corrected chi connectivity index (χ3v) is 4.95. The van der Waals surface area contributed by atoms with Crippen molar-refractivity contribution in [3.63, 3.8) is 0 Å². The number of hydrogen-bond acceptors (Lipinski definition) is 4. The molecule has 0 spiro atoms. The van der Waals surface area contributed by atoms with Crippen LogP contribution in [0.5, 0.6) is 5.75 Å². The van der Waals surface area contributed by atoms with Crippen molar-refractivity contribution in [1.82, 2.24) is 15.8 Å². The van der Waals surface area contributed by atoms with Crippen molar-refractivity contribution >= 4 is 0 Å². The fraction of sp³-hybridized carbons (Fsp3) is 0.400. The van der Waals surface area contributed by atoms with E-state index in [1.807, 2.05) is 0 Å². The lowest BCUT2D eigenvalue weighted by molar-refractivity contribution is 0.145. The summed E-state index contributed by atoms with van der Waals surface area (Å²) in [5, 5.41) is 0. The van der Waals surface area contributed by atoms with Gasteiger partial charge in [-0.05, 0) is 18.6 Å². The molecule has 0 aromatic heterocycles. The van der Waals surface area contributed by atoms with Crippen molar-refractivity contribution in [2.45, 2.75) is 25.6 Å². The SMILES string of the molecule is CC1CN(CC2CNNC2c2ccccc2)Cc2ccccc2O1. The van der Waals surface area contributed by atoms with Gasteiger partial charge in [-0.1, -0.05) is 48.5 Å². The Labute approximate surface area is 143 Å². The highest BCUT2D eigenvalue weighted by Crippen LogP contribution is 2.29. The molecule has 1 saturated heterocycles. The quantitative estimate of drug-likeness (QED) is 0.911. The first kappa shape index (κ1) is 15.6. The summed E-state index contributed by atoms with van der Waals surface area (Å²) < 4.78 is 6.09. The normalized spacial score (nSPS) is 27.3. The van der Waals surface area contributed by atoms with Crippen LogP contribution in [-0.2, 0) is 6.54 Å². The van der Waals surface area contributed by atoms with Crippen LogP contribution in [0.4, 0.5) is 0 Å². The smallest absolute Gasteiger partial charge is 0.124 e. The molecule has 0 aliphatic carbocycles. The average molecular weight is 323 g/mol. The highest BCUT2D eigenvalue weighted by atomic mass is 16.5. The Balaban J connectivity index is 1.50. The highest BCUT2D eigenvalue weighted by Gasteiger charge is 2.31. The van der Waals surface area contributed by atoms with Crippen LogP contribution in [0.2, 0.25) is 0 Å². The van der Waals surface area contributed by atoms with Gasteiger partial charge >= 0.3 is 0 Å². The summed E-state index contributed by atoms with van der Waals surface area (Å²) in [6, 6.07) is 19.5. The Bertz CT molecular complexity index is 676. The second-order valence-electron chi connectivity index (χ2n) is 6.90. The first-order valence-corrected chi connectivity index (χ1v) is 8.80. The molecular formula is C20H25N3O. The predicted octanol–water partition coefficient (Wildman–Crippen LogP) is 2.73. The van der Waals surface area contributed by atoms with Crippen LogP contribution in [-0.4, -0.2) is 30.6 Å². The molecule has 24 heavy (non-hydrogen) atoms. The first-order chi connectivity index (χ1) is 11.8. The number of benzene rings is 2. The number of nitrogens with zero attached hydrogens (tertiary/aromatic N) is 1. The number of rotatable bonds is 3. The van der Waals surface area contributed by atoms with Gasteiger partial charge < -0.3 is 4.74 Å². The van der Waals surface area contributed by atoms with Crippen molar-refractivity contribution in [2.75, 3.05) is 19.6 Å². The molecule has 2 aromatic carbocycles. The summed E-state index contributed by atoms with van der Waals surface area (Å²) in [5.41, 5.74) is 9.44. The van der Waals surface area contributed by atoms with Crippen LogP contribution >= 0.6 is 0 Å². The second-order valence-corrected chi connectivity index (χ2v) is 6.90. The molecule has 2 aliphatic heterocycles. The topological polar surface area (TPSA) is 36.5 Å². The number of fused-ring (bicyclic) bond motifs is 1. The standard InChI is InChI=1S/C20H25N3O/c1-15-12-23(13-17-9-5-6-10-19(17)24-15)14-18-11-21-22-20(18)16-7-3-2-4-8-16/h2-10,15,18,20-22H,11-14H2,1H3. The summed E-state index contributed by atoms with van der Waals surface area (Å²) in [6.45, 7) is 6.13. The van der Waals surface area contributed by atoms with E-state index in [9.17, 15) is 0 Å². The van der Waals surface area contributed by atoms with Gasteiger partial charge in [0.15, 0.2) is 0 Å². The van der Waals surface area contributed by atoms with E-state index in [0.717, 1.165) is 31.9 Å². The van der Waals surface area contributed by atoms with E-state index in [-0.39, 0.29) is 6.10 Å². The Morgan fingerprint density at radius 1 is 1.08 bits per heavy atom. The monoisotopic (exact) mass is 323 g/mol. The Morgan fingerprint density at radius 2 is 1.88 bits per heavy atom. The van der Waals surface area contributed by atoms with Gasteiger partial charge in [-0.25, -0.2) is 5.43 Å². The highest BCUT2D eigenvalue weighted by molar-refractivity contribution is 5.34. The second kappa shape index (κ2) is 6.93. The van der Waals surface area contributed by atoms with E-state index in [1.54, 1.807) is 0 Å². The molecule has 0 bridgehead atoms. The molecule has 126 valence electrons. The number of nitrogens with one attached hydrogen (secondary N) is 2. The van der Waals surface area contributed by atoms with Crippen molar-refractivity contribution in [3.05, 3.63) is 65.7 Å². The van der Waals surface area contributed by atoms with Gasteiger partial charge in [0.2, 0.25) is 0 Å². The zero-order chi connectivity index (χ0) is 16.4. The maximum Gasteiger partial charge on any atom is 0.124 e. The number of hydrazine groups is 1. The molecule has 0 saturated carbocycles. The number of para-hydroxylation sites is 1. The summed E-state index contributed by atoms with van der Waals surface area (Å²) in [7, 11) is 0. The van der Waals surface area contributed by atoms with E-state index in [0.29, 0.717) is 12.0 Å². The zero-order valence-corrected chi connectivity index (χ0v) is 14.1. The Hall–Kier alpha value is -1.88. The fourth-order valence-electron chi connectivity index (χ4n) is 3.86. The van der Waals surface area contributed by atoms with Crippen LogP contribution < -0.4 is 15.6 Å². The lowest BCUT2D eigenvalue weighted by Gasteiger charge is -2.27. The minimum atomic E-state index is 0.214. The third-order valence-electron chi connectivity index (χ3n) is 4.95. The van der Waals surface area contributed by atoms with Crippen LogP contribution in [0.15, 0.2) is 54.6 Å². The van der Waals surface area contributed by atoms with Crippen molar-refractivity contribution < 1.29 is 4.74 Å².